The second-order valence-electron chi connectivity index (χ2n) is 8.12. The molecule has 1 aromatic carbocycles. The van der Waals surface area contributed by atoms with Crippen molar-refractivity contribution in [3.8, 4) is 0 Å². The van der Waals surface area contributed by atoms with E-state index >= 15 is 0 Å². The van der Waals surface area contributed by atoms with Gasteiger partial charge in [0, 0.05) is 23.3 Å². The van der Waals surface area contributed by atoms with Gasteiger partial charge in [0.25, 0.3) is 5.91 Å². The Hall–Kier alpha value is -2.87. The van der Waals surface area contributed by atoms with E-state index in [1.807, 2.05) is 0 Å². The standard InChI is InChI=1S/C22H27ClN4O4/c1-5-31-20(29)17-12-18-19(28)27(16-8-6-15(23)7-9-16)22(4,13-26(18)25-17)21(30)24-11-10-14(2)3/h6-9,12,14H,5,10-11,13H2,1-4H3,(H,24,30)/t22-/m0/s1. The summed E-state index contributed by atoms with van der Waals surface area (Å²) in [5.74, 6) is -0.912. The minimum absolute atomic E-state index is 0.0331. The first-order valence-electron chi connectivity index (χ1n) is 10.3. The molecule has 2 amide bonds. The number of benzene rings is 1. The van der Waals surface area contributed by atoms with E-state index in [-0.39, 0.29) is 30.4 Å². The topological polar surface area (TPSA) is 93.5 Å². The van der Waals surface area contributed by atoms with E-state index in [4.69, 9.17) is 16.3 Å². The van der Waals surface area contributed by atoms with Gasteiger partial charge in [-0.1, -0.05) is 25.4 Å². The summed E-state index contributed by atoms with van der Waals surface area (Å²) in [7, 11) is 0. The predicted octanol–water partition coefficient (Wildman–Crippen LogP) is 3.29. The SMILES string of the molecule is CCOC(=O)c1cc2n(n1)C[C@@](C)(C(=O)NCCC(C)C)N(c1ccc(Cl)cc1)C2=O. The van der Waals surface area contributed by atoms with Crippen LogP contribution in [0.4, 0.5) is 5.69 Å². The van der Waals surface area contributed by atoms with Gasteiger partial charge in [-0.05, 0) is 50.5 Å². The highest BCUT2D eigenvalue weighted by molar-refractivity contribution is 6.30. The van der Waals surface area contributed by atoms with E-state index in [1.165, 1.54) is 15.6 Å². The van der Waals surface area contributed by atoms with E-state index < -0.39 is 17.4 Å². The third-order valence-electron chi connectivity index (χ3n) is 5.22. The van der Waals surface area contributed by atoms with Gasteiger partial charge in [0.2, 0.25) is 5.91 Å². The van der Waals surface area contributed by atoms with Crippen molar-refractivity contribution >= 4 is 35.1 Å². The summed E-state index contributed by atoms with van der Waals surface area (Å²) in [5, 5.41) is 7.71. The number of nitrogens with one attached hydrogen (secondary N) is 1. The average Bonchev–Trinajstić information content (AvgIpc) is 3.13. The van der Waals surface area contributed by atoms with Crippen LogP contribution in [0, 0.1) is 5.92 Å². The van der Waals surface area contributed by atoms with Crippen molar-refractivity contribution in [3.05, 3.63) is 46.7 Å². The molecule has 0 saturated carbocycles. The van der Waals surface area contributed by atoms with Crippen LogP contribution in [0.3, 0.4) is 0 Å². The van der Waals surface area contributed by atoms with Crippen LogP contribution in [-0.4, -0.2) is 46.3 Å². The van der Waals surface area contributed by atoms with Gasteiger partial charge in [-0.3, -0.25) is 19.2 Å². The van der Waals surface area contributed by atoms with E-state index in [0.29, 0.717) is 23.2 Å². The number of nitrogens with zero attached hydrogens (tertiary/aromatic N) is 3. The van der Waals surface area contributed by atoms with E-state index in [1.54, 1.807) is 38.1 Å². The Kier molecular flexibility index (Phi) is 6.69. The first-order chi connectivity index (χ1) is 14.7. The number of hydrogen-bond acceptors (Lipinski definition) is 5. The molecular formula is C22H27ClN4O4. The van der Waals surface area contributed by atoms with Gasteiger partial charge in [-0.15, -0.1) is 0 Å². The van der Waals surface area contributed by atoms with Crippen LogP contribution in [0.2, 0.25) is 5.02 Å². The van der Waals surface area contributed by atoms with Crippen molar-refractivity contribution < 1.29 is 19.1 Å². The van der Waals surface area contributed by atoms with Gasteiger partial charge < -0.3 is 10.1 Å². The largest absolute Gasteiger partial charge is 0.461 e. The molecule has 3 rings (SSSR count). The molecule has 2 heterocycles. The number of carbonyl (C=O) groups is 3. The fourth-order valence-electron chi connectivity index (χ4n) is 3.55. The maximum atomic E-state index is 13.5. The van der Waals surface area contributed by atoms with E-state index in [2.05, 4.69) is 24.3 Å². The van der Waals surface area contributed by atoms with Crippen LogP contribution in [0.15, 0.2) is 30.3 Å². The molecule has 0 unspecified atom stereocenters. The molecule has 0 spiro atoms. The fourth-order valence-corrected chi connectivity index (χ4v) is 3.67. The first-order valence-corrected chi connectivity index (χ1v) is 10.7. The van der Waals surface area contributed by atoms with E-state index in [0.717, 1.165) is 6.42 Å². The van der Waals surface area contributed by atoms with Gasteiger partial charge in [0.1, 0.15) is 11.2 Å². The van der Waals surface area contributed by atoms with E-state index in [9.17, 15) is 14.4 Å². The highest BCUT2D eigenvalue weighted by Crippen LogP contribution is 2.33. The summed E-state index contributed by atoms with van der Waals surface area (Å²) in [4.78, 5) is 40.4. The second-order valence-corrected chi connectivity index (χ2v) is 8.56. The Morgan fingerprint density at radius 3 is 2.58 bits per heavy atom. The minimum atomic E-state index is -1.26. The summed E-state index contributed by atoms with van der Waals surface area (Å²) in [6, 6.07) is 8.12. The minimum Gasteiger partial charge on any atom is -0.461 e. The van der Waals surface area contributed by atoms with Crippen LogP contribution in [0.25, 0.3) is 0 Å². The lowest BCUT2D eigenvalue weighted by molar-refractivity contribution is -0.126. The molecule has 2 aromatic rings. The molecule has 166 valence electrons. The summed E-state index contributed by atoms with van der Waals surface area (Å²) < 4.78 is 6.41. The number of esters is 1. The number of amides is 2. The number of halogens is 1. The number of fused-ring (bicyclic) bond motifs is 1. The molecule has 1 aromatic heterocycles. The third kappa shape index (κ3) is 4.58. The Bertz CT molecular complexity index is 986. The lowest BCUT2D eigenvalue weighted by Crippen LogP contribution is -2.64. The Morgan fingerprint density at radius 2 is 1.97 bits per heavy atom. The van der Waals surface area contributed by atoms with Gasteiger partial charge in [-0.2, -0.15) is 5.10 Å². The zero-order chi connectivity index (χ0) is 22.8. The monoisotopic (exact) mass is 446 g/mol. The molecule has 8 nitrogen and oxygen atoms in total. The zero-order valence-electron chi connectivity index (χ0n) is 18.1. The quantitative estimate of drug-likeness (QED) is 0.658. The smallest absolute Gasteiger partial charge is 0.358 e. The Labute approximate surface area is 186 Å². The lowest BCUT2D eigenvalue weighted by atomic mass is 9.93. The Morgan fingerprint density at radius 1 is 1.29 bits per heavy atom. The zero-order valence-corrected chi connectivity index (χ0v) is 18.9. The van der Waals surface area contributed by atoms with Crippen LogP contribution in [-0.2, 0) is 16.1 Å². The van der Waals surface area contributed by atoms with Crippen LogP contribution in [0.5, 0.6) is 0 Å². The maximum Gasteiger partial charge on any atom is 0.358 e. The van der Waals surface area contributed by atoms with Gasteiger partial charge >= 0.3 is 5.97 Å². The van der Waals surface area contributed by atoms with Crippen molar-refractivity contribution in [2.75, 3.05) is 18.1 Å². The molecular weight excluding hydrogens is 420 g/mol. The number of anilines is 1. The molecule has 1 N–H and O–H groups in total. The normalized spacial score (nSPS) is 18.1. The molecule has 0 aliphatic carbocycles. The maximum absolute atomic E-state index is 13.5. The van der Waals surface area contributed by atoms with Crippen molar-refractivity contribution in [2.24, 2.45) is 5.92 Å². The average molecular weight is 447 g/mol. The van der Waals surface area contributed by atoms with Crippen molar-refractivity contribution in [1.82, 2.24) is 15.1 Å². The van der Waals surface area contributed by atoms with Crippen LogP contribution >= 0.6 is 11.6 Å². The molecule has 9 heteroatoms. The molecule has 0 fully saturated rings. The van der Waals surface area contributed by atoms with Crippen LogP contribution < -0.4 is 10.2 Å². The van der Waals surface area contributed by atoms with Crippen molar-refractivity contribution in [1.29, 1.82) is 0 Å². The van der Waals surface area contributed by atoms with Gasteiger partial charge in [-0.25, -0.2) is 4.79 Å². The molecule has 1 aliphatic rings. The summed E-state index contributed by atoms with van der Waals surface area (Å²) >= 11 is 6.02. The lowest BCUT2D eigenvalue weighted by Gasteiger charge is -2.43. The summed E-state index contributed by atoms with van der Waals surface area (Å²) in [6.07, 6.45) is 0.816. The fraction of sp³-hybridized carbons (Fsp3) is 0.455. The second kappa shape index (κ2) is 9.09. The number of aromatic nitrogens is 2. The molecule has 0 saturated heterocycles. The number of hydrogen-bond donors (Lipinski definition) is 1. The molecule has 1 aliphatic heterocycles. The van der Waals surface area contributed by atoms with Crippen LogP contribution in [0.1, 0.15) is 55.1 Å². The highest BCUT2D eigenvalue weighted by Gasteiger charge is 2.49. The summed E-state index contributed by atoms with van der Waals surface area (Å²) in [6.45, 7) is 8.31. The summed E-state index contributed by atoms with van der Waals surface area (Å²) in [5.41, 5.74) is -0.482. The molecule has 0 radical (unpaired) electrons. The number of rotatable bonds is 7. The molecule has 0 bridgehead atoms. The highest BCUT2D eigenvalue weighted by atomic mass is 35.5. The van der Waals surface area contributed by atoms with Crippen molar-refractivity contribution in [3.63, 3.8) is 0 Å². The third-order valence-corrected chi connectivity index (χ3v) is 5.47. The van der Waals surface area contributed by atoms with Gasteiger partial charge in [0.15, 0.2) is 5.69 Å². The van der Waals surface area contributed by atoms with Crippen molar-refractivity contribution in [2.45, 2.75) is 46.2 Å². The van der Waals surface area contributed by atoms with Gasteiger partial charge in [0.05, 0.1) is 13.2 Å². The Balaban J connectivity index is 2.02. The molecule has 1 atom stereocenters. The first kappa shape index (κ1) is 22.8. The molecule has 31 heavy (non-hydrogen) atoms. The number of ether oxygens (including phenoxy) is 1. The number of carbonyl (C=O) groups excluding carboxylic acids is 3. The predicted molar refractivity (Wildman–Crippen MR) is 117 cm³/mol.